The van der Waals surface area contributed by atoms with Crippen molar-refractivity contribution < 1.29 is 8.42 Å². The first-order chi connectivity index (χ1) is 11.0. The molecule has 7 heteroatoms. The average Bonchev–Trinajstić information content (AvgIpc) is 2.52. The van der Waals surface area contributed by atoms with Gasteiger partial charge in [0.1, 0.15) is 0 Å². The normalized spacial score (nSPS) is 16.3. The fraction of sp³-hybridized carbons (Fsp3) is 0.812. The summed E-state index contributed by atoms with van der Waals surface area (Å²) in [6.07, 6.45) is 10.5. The van der Waals surface area contributed by atoms with E-state index in [-0.39, 0.29) is 0 Å². The molecule has 1 rings (SSSR count). The second kappa shape index (κ2) is 10.6. The molecule has 0 saturated heterocycles. The summed E-state index contributed by atoms with van der Waals surface area (Å²) < 4.78 is 24.5. The van der Waals surface area contributed by atoms with Gasteiger partial charge in [0.15, 0.2) is 5.96 Å². The predicted octanol–water partition coefficient (Wildman–Crippen LogP) is 1.71. The molecule has 1 aliphatic rings. The zero-order valence-electron chi connectivity index (χ0n) is 14.8. The molecule has 0 spiro atoms. The molecule has 0 aliphatic heterocycles. The van der Waals surface area contributed by atoms with Crippen LogP contribution in [0.3, 0.4) is 0 Å². The minimum Gasteiger partial charge on any atom is -0.356 e. The van der Waals surface area contributed by atoms with Crippen molar-refractivity contribution in [1.29, 1.82) is 0 Å². The number of nitrogens with zero attached hydrogens (tertiary/aromatic N) is 2. The van der Waals surface area contributed by atoms with Gasteiger partial charge in [0.25, 0.3) is 0 Å². The molecular formula is C16H32N4O2S. The van der Waals surface area contributed by atoms with Crippen LogP contribution in [0.25, 0.3) is 0 Å². The second-order valence-electron chi connectivity index (χ2n) is 5.89. The zero-order valence-corrected chi connectivity index (χ0v) is 15.6. The highest BCUT2D eigenvalue weighted by molar-refractivity contribution is 7.88. The Labute approximate surface area is 141 Å². The van der Waals surface area contributed by atoms with Gasteiger partial charge in [-0.15, -0.1) is 0 Å². The highest BCUT2D eigenvalue weighted by Gasteiger charge is 2.13. The molecule has 0 radical (unpaired) electrons. The van der Waals surface area contributed by atoms with Gasteiger partial charge in [0, 0.05) is 33.2 Å². The van der Waals surface area contributed by atoms with Crippen molar-refractivity contribution in [3.8, 4) is 0 Å². The van der Waals surface area contributed by atoms with Crippen LogP contribution in [0.5, 0.6) is 0 Å². The Bertz CT molecular complexity index is 500. The van der Waals surface area contributed by atoms with Crippen molar-refractivity contribution >= 4 is 16.0 Å². The van der Waals surface area contributed by atoms with E-state index in [1.807, 2.05) is 6.92 Å². The Morgan fingerprint density at radius 2 is 2.04 bits per heavy atom. The van der Waals surface area contributed by atoms with Crippen LogP contribution >= 0.6 is 0 Å². The van der Waals surface area contributed by atoms with E-state index in [1.54, 1.807) is 12.6 Å². The number of guanidine groups is 1. The SMILES string of the molecule is CCN(CCCNC(=NC)NCCC1=CCCCC1)S(C)(=O)=O. The van der Waals surface area contributed by atoms with Gasteiger partial charge in [-0.2, -0.15) is 0 Å². The van der Waals surface area contributed by atoms with Crippen LogP contribution in [0, 0.1) is 0 Å². The molecule has 0 bridgehead atoms. The molecule has 0 aromatic rings. The highest BCUT2D eigenvalue weighted by atomic mass is 32.2. The lowest BCUT2D eigenvalue weighted by molar-refractivity contribution is 0.424. The number of nitrogens with one attached hydrogen (secondary N) is 2. The lowest BCUT2D eigenvalue weighted by Gasteiger charge is -2.18. The largest absolute Gasteiger partial charge is 0.356 e. The fourth-order valence-corrected chi connectivity index (χ4v) is 3.64. The molecule has 2 N–H and O–H groups in total. The first-order valence-electron chi connectivity index (χ1n) is 8.55. The summed E-state index contributed by atoms with van der Waals surface area (Å²) in [5, 5.41) is 6.55. The van der Waals surface area contributed by atoms with Crippen molar-refractivity contribution in [2.24, 2.45) is 4.99 Å². The van der Waals surface area contributed by atoms with Crippen LogP contribution < -0.4 is 10.6 Å². The lowest BCUT2D eigenvalue weighted by Crippen LogP contribution is -2.39. The predicted molar refractivity (Wildman–Crippen MR) is 97.2 cm³/mol. The Morgan fingerprint density at radius 1 is 1.30 bits per heavy atom. The summed E-state index contributed by atoms with van der Waals surface area (Å²) in [5.41, 5.74) is 1.55. The van der Waals surface area contributed by atoms with E-state index in [4.69, 9.17) is 0 Å². The smallest absolute Gasteiger partial charge is 0.211 e. The summed E-state index contributed by atoms with van der Waals surface area (Å²) in [4.78, 5) is 4.20. The maximum Gasteiger partial charge on any atom is 0.211 e. The molecule has 134 valence electrons. The van der Waals surface area contributed by atoms with Gasteiger partial charge in [-0.1, -0.05) is 18.6 Å². The minimum atomic E-state index is -3.09. The van der Waals surface area contributed by atoms with Gasteiger partial charge in [0.2, 0.25) is 10.0 Å². The van der Waals surface area contributed by atoms with E-state index in [2.05, 4.69) is 21.7 Å². The molecule has 0 aromatic heterocycles. The number of rotatable bonds is 9. The summed E-state index contributed by atoms with van der Waals surface area (Å²) in [5.74, 6) is 0.781. The third kappa shape index (κ3) is 8.37. The number of sulfonamides is 1. The molecule has 0 saturated carbocycles. The van der Waals surface area contributed by atoms with Crippen molar-refractivity contribution in [2.75, 3.05) is 39.5 Å². The molecule has 0 amide bonds. The first-order valence-corrected chi connectivity index (χ1v) is 10.4. The molecule has 0 unspecified atom stereocenters. The molecular weight excluding hydrogens is 312 g/mol. The summed E-state index contributed by atoms with van der Waals surface area (Å²) in [6, 6.07) is 0. The monoisotopic (exact) mass is 344 g/mol. The zero-order chi connectivity index (χ0) is 17.1. The average molecular weight is 345 g/mol. The van der Waals surface area contributed by atoms with E-state index in [0.717, 1.165) is 25.3 Å². The Balaban J connectivity index is 2.20. The van der Waals surface area contributed by atoms with Crippen LogP contribution in [-0.2, 0) is 10.0 Å². The maximum atomic E-state index is 11.5. The van der Waals surface area contributed by atoms with E-state index < -0.39 is 10.0 Å². The molecule has 1 aliphatic carbocycles. The van der Waals surface area contributed by atoms with E-state index in [1.165, 1.54) is 36.2 Å². The van der Waals surface area contributed by atoms with Crippen molar-refractivity contribution in [1.82, 2.24) is 14.9 Å². The van der Waals surface area contributed by atoms with Gasteiger partial charge < -0.3 is 10.6 Å². The van der Waals surface area contributed by atoms with Crippen molar-refractivity contribution in [2.45, 2.75) is 45.4 Å². The fourth-order valence-electron chi connectivity index (χ4n) is 2.71. The summed E-state index contributed by atoms with van der Waals surface area (Å²) in [6.45, 7) is 4.49. The van der Waals surface area contributed by atoms with E-state index in [9.17, 15) is 8.42 Å². The number of allylic oxidation sites excluding steroid dienone is 1. The summed E-state index contributed by atoms with van der Waals surface area (Å²) >= 11 is 0. The maximum absolute atomic E-state index is 11.5. The Morgan fingerprint density at radius 3 is 2.61 bits per heavy atom. The lowest BCUT2D eigenvalue weighted by atomic mass is 9.97. The Kier molecular flexibility index (Phi) is 9.24. The van der Waals surface area contributed by atoms with Crippen LogP contribution in [0.4, 0.5) is 0 Å². The number of hydrogen-bond acceptors (Lipinski definition) is 3. The van der Waals surface area contributed by atoms with E-state index in [0.29, 0.717) is 19.6 Å². The van der Waals surface area contributed by atoms with Gasteiger partial charge >= 0.3 is 0 Å². The standard InChI is InChI=1S/C16H32N4O2S/c1-4-20(23(3,21)22)14-8-12-18-16(17-2)19-13-11-15-9-6-5-7-10-15/h9H,4-8,10-14H2,1-3H3,(H2,17,18,19). The third-order valence-corrected chi connectivity index (χ3v) is 5.42. The van der Waals surface area contributed by atoms with Gasteiger partial charge in [-0.3, -0.25) is 4.99 Å². The second-order valence-corrected chi connectivity index (χ2v) is 7.87. The van der Waals surface area contributed by atoms with Crippen molar-refractivity contribution in [3.05, 3.63) is 11.6 Å². The van der Waals surface area contributed by atoms with Crippen LogP contribution in [0.2, 0.25) is 0 Å². The molecule has 0 atom stereocenters. The molecule has 0 fully saturated rings. The minimum absolute atomic E-state index is 0.515. The van der Waals surface area contributed by atoms with Crippen LogP contribution in [0.15, 0.2) is 16.6 Å². The molecule has 23 heavy (non-hydrogen) atoms. The first kappa shape index (κ1) is 20.0. The topological polar surface area (TPSA) is 73.8 Å². The quantitative estimate of drug-likeness (QED) is 0.289. The van der Waals surface area contributed by atoms with Gasteiger partial charge in [-0.05, 0) is 38.5 Å². The Hall–Kier alpha value is -1.08. The van der Waals surface area contributed by atoms with Gasteiger partial charge in [-0.25, -0.2) is 12.7 Å². The summed E-state index contributed by atoms with van der Waals surface area (Å²) in [7, 11) is -1.34. The van der Waals surface area contributed by atoms with Gasteiger partial charge in [0.05, 0.1) is 6.26 Å². The van der Waals surface area contributed by atoms with E-state index >= 15 is 0 Å². The highest BCUT2D eigenvalue weighted by Crippen LogP contribution is 2.19. The molecule has 0 heterocycles. The number of hydrogen-bond donors (Lipinski definition) is 2. The number of aliphatic imine (C=N–C) groups is 1. The molecule has 0 aromatic carbocycles. The molecule has 6 nitrogen and oxygen atoms in total. The van der Waals surface area contributed by atoms with Crippen LogP contribution in [0.1, 0.15) is 45.4 Å². The van der Waals surface area contributed by atoms with Crippen LogP contribution in [-0.4, -0.2) is 58.2 Å². The van der Waals surface area contributed by atoms with Crippen molar-refractivity contribution in [3.63, 3.8) is 0 Å². The third-order valence-electron chi connectivity index (χ3n) is 4.05.